The number of imidazole rings is 1. The molecular formula is C27H30N2O2. The Kier molecular flexibility index (Phi) is 5.99. The number of aryl methyl sites for hydroxylation is 1. The van der Waals surface area contributed by atoms with Crippen LogP contribution in [0.4, 0.5) is 0 Å². The first-order valence-electron chi connectivity index (χ1n) is 10.8. The van der Waals surface area contributed by atoms with Crippen LogP contribution < -0.4 is 9.47 Å². The van der Waals surface area contributed by atoms with Crippen LogP contribution in [0.5, 0.6) is 11.5 Å². The molecule has 0 fully saturated rings. The van der Waals surface area contributed by atoms with Gasteiger partial charge in [-0.05, 0) is 53.8 Å². The molecule has 0 atom stereocenters. The highest BCUT2D eigenvalue weighted by Gasteiger charge is 2.14. The summed E-state index contributed by atoms with van der Waals surface area (Å²) in [5, 5.41) is 0. The van der Waals surface area contributed by atoms with Crippen molar-refractivity contribution in [3.8, 4) is 22.9 Å². The van der Waals surface area contributed by atoms with Gasteiger partial charge in [0.05, 0.1) is 24.8 Å². The second-order valence-electron chi connectivity index (χ2n) is 8.78. The highest BCUT2D eigenvalue weighted by Crippen LogP contribution is 2.28. The summed E-state index contributed by atoms with van der Waals surface area (Å²) in [6.45, 7) is 8.14. The smallest absolute Gasteiger partial charge is 0.141 e. The zero-order valence-corrected chi connectivity index (χ0v) is 18.8. The van der Waals surface area contributed by atoms with Gasteiger partial charge < -0.3 is 14.0 Å². The second-order valence-corrected chi connectivity index (χ2v) is 8.78. The van der Waals surface area contributed by atoms with Crippen LogP contribution in [0.3, 0.4) is 0 Å². The summed E-state index contributed by atoms with van der Waals surface area (Å²) in [4.78, 5) is 4.89. The number of para-hydroxylation sites is 2. The molecule has 3 aromatic carbocycles. The van der Waals surface area contributed by atoms with Gasteiger partial charge in [-0.1, -0.05) is 57.2 Å². The van der Waals surface area contributed by atoms with Gasteiger partial charge in [0.25, 0.3) is 0 Å². The van der Waals surface area contributed by atoms with Gasteiger partial charge in [-0.3, -0.25) is 0 Å². The van der Waals surface area contributed by atoms with Gasteiger partial charge >= 0.3 is 0 Å². The normalized spacial score (nSPS) is 11.6. The molecule has 0 spiro atoms. The predicted molar refractivity (Wildman–Crippen MR) is 127 cm³/mol. The van der Waals surface area contributed by atoms with Gasteiger partial charge in [-0.2, -0.15) is 0 Å². The quantitative estimate of drug-likeness (QED) is 0.325. The molecular weight excluding hydrogens is 384 g/mol. The molecule has 0 N–H and O–H groups in total. The minimum absolute atomic E-state index is 0.150. The van der Waals surface area contributed by atoms with E-state index in [1.54, 1.807) is 7.11 Å². The van der Waals surface area contributed by atoms with E-state index in [0.717, 1.165) is 46.9 Å². The average molecular weight is 415 g/mol. The van der Waals surface area contributed by atoms with Crippen molar-refractivity contribution < 1.29 is 9.47 Å². The SMILES string of the molecule is COc1cccc(-c2nc3ccccc3n2CCCOc2ccc(C(C)(C)C)cc2)c1. The summed E-state index contributed by atoms with van der Waals surface area (Å²) in [7, 11) is 1.69. The Morgan fingerprint density at radius 1 is 0.871 bits per heavy atom. The zero-order valence-electron chi connectivity index (χ0n) is 18.8. The van der Waals surface area contributed by atoms with Crippen LogP contribution in [0.15, 0.2) is 72.8 Å². The fraction of sp³-hybridized carbons (Fsp3) is 0.296. The van der Waals surface area contributed by atoms with Gasteiger partial charge in [-0.25, -0.2) is 4.98 Å². The Morgan fingerprint density at radius 2 is 1.65 bits per heavy atom. The topological polar surface area (TPSA) is 36.3 Å². The maximum absolute atomic E-state index is 6.01. The predicted octanol–water partition coefficient (Wildman–Crippen LogP) is 6.48. The van der Waals surface area contributed by atoms with E-state index in [1.807, 2.05) is 24.3 Å². The Morgan fingerprint density at radius 3 is 2.39 bits per heavy atom. The van der Waals surface area contributed by atoms with E-state index in [4.69, 9.17) is 14.5 Å². The third-order valence-electron chi connectivity index (χ3n) is 5.50. The van der Waals surface area contributed by atoms with E-state index in [1.165, 1.54) is 5.56 Å². The number of hydrogen-bond donors (Lipinski definition) is 0. The summed E-state index contributed by atoms with van der Waals surface area (Å²) in [6, 6.07) is 24.8. The zero-order chi connectivity index (χ0) is 21.8. The molecule has 1 aromatic heterocycles. The van der Waals surface area contributed by atoms with Crippen LogP contribution >= 0.6 is 0 Å². The van der Waals surface area contributed by atoms with Gasteiger partial charge in [0.15, 0.2) is 0 Å². The van der Waals surface area contributed by atoms with Crippen LogP contribution in [-0.4, -0.2) is 23.3 Å². The number of hydrogen-bond acceptors (Lipinski definition) is 3. The average Bonchev–Trinajstić information content (AvgIpc) is 3.15. The van der Waals surface area contributed by atoms with Gasteiger partial charge in [0, 0.05) is 12.1 Å². The molecule has 0 radical (unpaired) electrons. The molecule has 0 aliphatic carbocycles. The monoisotopic (exact) mass is 414 g/mol. The first-order valence-corrected chi connectivity index (χ1v) is 10.8. The van der Waals surface area contributed by atoms with Crippen LogP contribution in [0.2, 0.25) is 0 Å². The van der Waals surface area contributed by atoms with Crippen LogP contribution in [0, 0.1) is 0 Å². The van der Waals surface area contributed by atoms with E-state index in [-0.39, 0.29) is 5.41 Å². The third-order valence-corrected chi connectivity index (χ3v) is 5.50. The lowest BCUT2D eigenvalue weighted by Crippen LogP contribution is -2.10. The molecule has 4 rings (SSSR count). The van der Waals surface area contributed by atoms with Crippen molar-refractivity contribution in [3.63, 3.8) is 0 Å². The molecule has 0 unspecified atom stereocenters. The number of fused-ring (bicyclic) bond motifs is 1. The van der Waals surface area contributed by atoms with Crippen LogP contribution in [0.1, 0.15) is 32.8 Å². The molecule has 0 bridgehead atoms. The fourth-order valence-electron chi connectivity index (χ4n) is 3.75. The minimum Gasteiger partial charge on any atom is -0.497 e. The van der Waals surface area contributed by atoms with Crippen molar-refractivity contribution in [1.29, 1.82) is 0 Å². The molecule has 4 aromatic rings. The molecule has 0 saturated heterocycles. The lowest BCUT2D eigenvalue weighted by atomic mass is 9.87. The summed E-state index contributed by atoms with van der Waals surface area (Å²) in [5.74, 6) is 2.70. The summed E-state index contributed by atoms with van der Waals surface area (Å²) >= 11 is 0. The number of methoxy groups -OCH3 is 1. The van der Waals surface area contributed by atoms with Crippen molar-refractivity contribution in [3.05, 3.63) is 78.4 Å². The minimum atomic E-state index is 0.150. The third kappa shape index (κ3) is 4.74. The second kappa shape index (κ2) is 8.84. The van der Waals surface area contributed by atoms with Gasteiger partial charge in [-0.15, -0.1) is 0 Å². The first-order chi connectivity index (χ1) is 15.0. The number of rotatable bonds is 7. The van der Waals surface area contributed by atoms with Crippen LogP contribution in [-0.2, 0) is 12.0 Å². The molecule has 160 valence electrons. The Balaban J connectivity index is 1.49. The lowest BCUT2D eigenvalue weighted by Gasteiger charge is -2.19. The van der Waals surface area contributed by atoms with Gasteiger partial charge in [0.2, 0.25) is 0 Å². The molecule has 4 heteroatoms. The summed E-state index contributed by atoms with van der Waals surface area (Å²) < 4.78 is 13.7. The van der Waals surface area contributed by atoms with Gasteiger partial charge in [0.1, 0.15) is 17.3 Å². The lowest BCUT2D eigenvalue weighted by molar-refractivity contribution is 0.302. The Hall–Kier alpha value is -3.27. The number of ether oxygens (including phenoxy) is 2. The van der Waals surface area contributed by atoms with Crippen molar-refractivity contribution in [2.75, 3.05) is 13.7 Å². The number of benzene rings is 3. The fourth-order valence-corrected chi connectivity index (χ4v) is 3.75. The molecule has 0 aliphatic rings. The van der Waals surface area contributed by atoms with Crippen LogP contribution in [0.25, 0.3) is 22.4 Å². The molecule has 0 saturated carbocycles. The van der Waals surface area contributed by atoms with Crippen molar-refractivity contribution in [1.82, 2.24) is 9.55 Å². The molecule has 4 nitrogen and oxygen atoms in total. The summed E-state index contributed by atoms with van der Waals surface area (Å²) in [6.07, 6.45) is 0.887. The molecule has 31 heavy (non-hydrogen) atoms. The molecule has 1 heterocycles. The largest absolute Gasteiger partial charge is 0.497 e. The van der Waals surface area contributed by atoms with E-state index < -0.39 is 0 Å². The highest BCUT2D eigenvalue weighted by atomic mass is 16.5. The standard InChI is InChI=1S/C27H30N2O2/c1-27(2,3)21-13-15-22(16-14-21)31-18-8-17-29-25-12-6-5-11-24(25)28-26(29)20-9-7-10-23(19-20)30-4/h5-7,9-16,19H,8,17-18H2,1-4H3. The molecule has 0 aliphatic heterocycles. The van der Waals surface area contributed by atoms with E-state index in [2.05, 4.69) is 73.9 Å². The number of nitrogens with zero attached hydrogens (tertiary/aromatic N) is 2. The highest BCUT2D eigenvalue weighted by molar-refractivity contribution is 5.80. The maximum Gasteiger partial charge on any atom is 0.141 e. The Labute approximate surface area is 184 Å². The summed E-state index contributed by atoms with van der Waals surface area (Å²) in [5.41, 5.74) is 4.65. The maximum atomic E-state index is 6.01. The van der Waals surface area contributed by atoms with E-state index >= 15 is 0 Å². The van der Waals surface area contributed by atoms with E-state index in [0.29, 0.717) is 6.61 Å². The molecule has 0 amide bonds. The number of aromatic nitrogens is 2. The Bertz CT molecular complexity index is 1150. The van der Waals surface area contributed by atoms with Crippen molar-refractivity contribution >= 4 is 11.0 Å². The first kappa shape index (κ1) is 21.0. The van der Waals surface area contributed by atoms with Crippen molar-refractivity contribution in [2.45, 2.75) is 39.2 Å². The van der Waals surface area contributed by atoms with Crippen molar-refractivity contribution in [2.24, 2.45) is 0 Å². The van der Waals surface area contributed by atoms with E-state index in [9.17, 15) is 0 Å².